The van der Waals surface area contributed by atoms with Crippen LogP contribution in [0, 0.1) is 6.92 Å². The molecule has 61 valence electrons. The van der Waals surface area contributed by atoms with Gasteiger partial charge in [-0.05, 0) is 29.9 Å². The number of aryl methyl sites for hydroxylation is 1. The van der Waals surface area contributed by atoms with Crippen LogP contribution in [0.25, 0.3) is 0 Å². The van der Waals surface area contributed by atoms with Crippen molar-refractivity contribution in [2.24, 2.45) is 0 Å². The molecular formula is C9H12ClS. The summed E-state index contributed by atoms with van der Waals surface area (Å²) in [4.78, 5) is 0. The van der Waals surface area contributed by atoms with E-state index in [-0.39, 0.29) is 0 Å². The first kappa shape index (κ1) is 9.08. The first-order valence-electron chi connectivity index (χ1n) is 3.85. The molecular weight excluding hydrogens is 176 g/mol. The Labute approximate surface area is 77.2 Å². The molecule has 1 aromatic heterocycles. The summed E-state index contributed by atoms with van der Waals surface area (Å²) in [5.74, 6) is 0. The van der Waals surface area contributed by atoms with Crippen molar-refractivity contribution in [3.05, 3.63) is 28.3 Å². The van der Waals surface area contributed by atoms with Gasteiger partial charge in [-0.3, -0.25) is 0 Å². The molecule has 0 aliphatic rings. The summed E-state index contributed by atoms with van der Waals surface area (Å²) in [6.07, 6.45) is 4.64. The van der Waals surface area contributed by atoms with Gasteiger partial charge in [0.2, 0.25) is 0 Å². The SMILES string of the molecule is [CH2]CCCCc1csc(Cl)c1. The molecule has 0 unspecified atom stereocenters. The van der Waals surface area contributed by atoms with Gasteiger partial charge in [0.1, 0.15) is 0 Å². The summed E-state index contributed by atoms with van der Waals surface area (Å²) < 4.78 is 0.898. The van der Waals surface area contributed by atoms with Gasteiger partial charge in [-0.2, -0.15) is 0 Å². The van der Waals surface area contributed by atoms with Crippen LogP contribution in [0.15, 0.2) is 11.4 Å². The minimum absolute atomic E-state index is 0.898. The Hall–Kier alpha value is -0.0100. The molecule has 2 heteroatoms. The van der Waals surface area contributed by atoms with Crippen LogP contribution in [0.4, 0.5) is 0 Å². The number of hydrogen-bond donors (Lipinski definition) is 0. The number of hydrogen-bond acceptors (Lipinski definition) is 1. The summed E-state index contributed by atoms with van der Waals surface area (Å²) in [5, 5.41) is 2.13. The summed E-state index contributed by atoms with van der Waals surface area (Å²) in [6, 6.07) is 2.05. The maximum atomic E-state index is 5.78. The standard InChI is InChI=1S/C9H12ClS/c1-2-3-4-5-8-6-9(10)11-7-8/h6-7H,1-5H2. The summed E-state index contributed by atoms with van der Waals surface area (Å²) in [6.45, 7) is 3.80. The molecule has 0 saturated heterocycles. The third-order valence-corrected chi connectivity index (χ3v) is 2.73. The number of halogens is 1. The highest BCUT2D eigenvalue weighted by Gasteiger charge is 1.95. The molecule has 11 heavy (non-hydrogen) atoms. The van der Waals surface area contributed by atoms with Crippen molar-refractivity contribution in [1.29, 1.82) is 0 Å². The van der Waals surface area contributed by atoms with Gasteiger partial charge in [-0.15, -0.1) is 11.3 Å². The van der Waals surface area contributed by atoms with E-state index in [2.05, 4.69) is 18.4 Å². The van der Waals surface area contributed by atoms with Gasteiger partial charge < -0.3 is 0 Å². The maximum absolute atomic E-state index is 5.78. The van der Waals surface area contributed by atoms with Gasteiger partial charge in [-0.1, -0.05) is 31.4 Å². The van der Waals surface area contributed by atoms with Crippen molar-refractivity contribution < 1.29 is 0 Å². The smallest absolute Gasteiger partial charge is 0.0931 e. The molecule has 1 aromatic rings. The molecule has 1 heterocycles. The normalized spacial score (nSPS) is 10.4. The Balaban J connectivity index is 2.27. The lowest BCUT2D eigenvalue weighted by Gasteiger charge is -1.93. The Kier molecular flexibility index (Phi) is 3.95. The number of thiophene rings is 1. The van der Waals surface area contributed by atoms with Crippen LogP contribution in [-0.2, 0) is 6.42 Å². The third-order valence-electron chi connectivity index (χ3n) is 1.59. The Morgan fingerprint density at radius 2 is 2.27 bits per heavy atom. The minimum atomic E-state index is 0.898. The van der Waals surface area contributed by atoms with E-state index in [0.717, 1.165) is 17.2 Å². The van der Waals surface area contributed by atoms with E-state index in [1.807, 2.05) is 0 Å². The lowest BCUT2D eigenvalue weighted by molar-refractivity contribution is 0.747. The Bertz CT molecular complexity index is 205. The molecule has 0 spiro atoms. The van der Waals surface area contributed by atoms with Crippen molar-refractivity contribution in [2.45, 2.75) is 25.7 Å². The second-order valence-electron chi connectivity index (χ2n) is 2.57. The van der Waals surface area contributed by atoms with Gasteiger partial charge in [0.15, 0.2) is 0 Å². The molecule has 0 saturated carbocycles. The highest BCUT2D eigenvalue weighted by atomic mass is 35.5. The third kappa shape index (κ3) is 3.26. The van der Waals surface area contributed by atoms with Gasteiger partial charge in [0.25, 0.3) is 0 Å². The van der Waals surface area contributed by atoms with Crippen molar-refractivity contribution in [1.82, 2.24) is 0 Å². The molecule has 0 N–H and O–H groups in total. The maximum Gasteiger partial charge on any atom is 0.0931 e. The molecule has 1 radical (unpaired) electrons. The van der Waals surface area contributed by atoms with Crippen LogP contribution >= 0.6 is 22.9 Å². The van der Waals surface area contributed by atoms with E-state index < -0.39 is 0 Å². The lowest BCUT2D eigenvalue weighted by Crippen LogP contribution is -1.80. The summed E-state index contributed by atoms with van der Waals surface area (Å²) in [7, 11) is 0. The summed E-state index contributed by atoms with van der Waals surface area (Å²) in [5.41, 5.74) is 1.37. The molecule has 0 amide bonds. The molecule has 0 aliphatic carbocycles. The fraction of sp³-hybridized carbons (Fsp3) is 0.444. The van der Waals surface area contributed by atoms with Gasteiger partial charge in [0, 0.05) is 0 Å². The molecule has 0 aromatic carbocycles. The van der Waals surface area contributed by atoms with Crippen LogP contribution in [0.2, 0.25) is 4.34 Å². The monoisotopic (exact) mass is 187 g/mol. The molecule has 0 aliphatic heterocycles. The Morgan fingerprint density at radius 3 is 2.82 bits per heavy atom. The van der Waals surface area contributed by atoms with Crippen LogP contribution in [-0.4, -0.2) is 0 Å². The van der Waals surface area contributed by atoms with Crippen LogP contribution in [0.5, 0.6) is 0 Å². The van der Waals surface area contributed by atoms with E-state index in [0.29, 0.717) is 0 Å². The second kappa shape index (κ2) is 4.78. The predicted octanol–water partition coefficient (Wildman–Crippen LogP) is 3.95. The van der Waals surface area contributed by atoms with E-state index in [1.54, 1.807) is 11.3 Å². The fourth-order valence-corrected chi connectivity index (χ4v) is 1.93. The molecule has 0 fully saturated rings. The van der Waals surface area contributed by atoms with E-state index in [4.69, 9.17) is 11.6 Å². The van der Waals surface area contributed by atoms with Gasteiger partial charge in [0.05, 0.1) is 4.34 Å². The zero-order chi connectivity index (χ0) is 8.10. The molecule has 0 bridgehead atoms. The van der Waals surface area contributed by atoms with E-state index in [1.165, 1.54) is 18.4 Å². The zero-order valence-corrected chi connectivity index (χ0v) is 8.05. The quantitative estimate of drug-likeness (QED) is 0.627. The average Bonchev–Trinajstić information content (AvgIpc) is 2.37. The minimum Gasteiger partial charge on any atom is -0.132 e. The largest absolute Gasteiger partial charge is 0.132 e. The molecule has 1 rings (SSSR count). The highest BCUT2D eigenvalue weighted by molar-refractivity contribution is 7.14. The Morgan fingerprint density at radius 1 is 1.45 bits per heavy atom. The van der Waals surface area contributed by atoms with E-state index in [9.17, 15) is 0 Å². The van der Waals surface area contributed by atoms with Crippen molar-refractivity contribution in [3.63, 3.8) is 0 Å². The van der Waals surface area contributed by atoms with Crippen LogP contribution in [0.1, 0.15) is 24.8 Å². The van der Waals surface area contributed by atoms with Gasteiger partial charge in [-0.25, -0.2) is 0 Å². The fourth-order valence-electron chi connectivity index (χ4n) is 0.983. The number of rotatable bonds is 4. The average molecular weight is 188 g/mol. The van der Waals surface area contributed by atoms with Crippen molar-refractivity contribution >= 4 is 22.9 Å². The van der Waals surface area contributed by atoms with Gasteiger partial charge >= 0.3 is 0 Å². The first-order chi connectivity index (χ1) is 5.33. The van der Waals surface area contributed by atoms with E-state index >= 15 is 0 Å². The first-order valence-corrected chi connectivity index (χ1v) is 5.11. The second-order valence-corrected chi connectivity index (χ2v) is 4.11. The van der Waals surface area contributed by atoms with Crippen molar-refractivity contribution in [3.8, 4) is 0 Å². The molecule has 0 atom stereocenters. The lowest BCUT2D eigenvalue weighted by atomic mass is 10.1. The zero-order valence-electron chi connectivity index (χ0n) is 6.48. The van der Waals surface area contributed by atoms with Crippen molar-refractivity contribution in [2.75, 3.05) is 0 Å². The highest BCUT2D eigenvalue weighted by Crippen LogP contribution is 2.21. The topological polar surface area (TPSA) is 0 Å². The summed E-state index contributed by atoms with van der Waals surface area (Å²) >= 11 is 7.39. The molecule has 0 nitrogen and oxygen atoms in total. The number of unbranched alkanes of at least 4 members (excludes halogenated alkanes) is 2. The predicted molar refractivity (Wildman–Crippen MR) is 52.2 cm³/mol. The van der Waals surface area contributed by atoms with Crippen LogP contribution < -0.4 is 0 Å². The van der Waals surface area contributed by atoms with Crippen LogP contribution in [0.3, 0.4) is 0 Å².